The fourth-order valence-electron chi connectivity index (χ4n) is 3.16. The predicted molar refractivity (Wildman–Crippen MR) is 114 cm³/mol. The van der Waals surface area contributed by atoms with E-state index >= 15 is 0 Å². The Kier molecular flexibility index (Phi) is 5.85. The van der Waals surface area contributed by atoms with Crippen LogP contribution in [0.3, 0.4) is 0 Å². The van der Waals surface area contributed by atoms with Crippen LogP contribution in [0.25, 0.3) is 11.3 Å². The number of nitrogens with one attached hydrogen (secondary N) is 2. The minimum absolute atomic E-state index is 0.367. The largest absolute Gasteiger partial charge is 0.378 e. The number of aromatic nitrogens is 2. The lowest BCUT2D eigenvalue weighted by atomic mass is 10.1. The Labute approximate surface area is 173 Å². The zero-order valence-electron chi connectivity index (χ0n) is 16.6. The van der Waals surface area contributed by atoms with Crippen molar-refractivity contribution in [1.82, 2.24) is 10.2 Å². The number of morpholine rings is 1. The second-order valence-corrected chi connectivity index (χ2v) is 7.00. The molecule has 2 N–H and O–H groups in total. The number of aryl methyl sites for hydroxylation is 1. The average molecular weight is 407 g/mol. The summed E-state index contributed by atoms with van der Waals surface area (Å²) >= 11 is 0. The standard InChI is InChI=1S/C22H22FN5O2/c1-15-5-6-18(14-19(15)23)25-22(29)24-17-4-2-3-16(13-17)20-7-8-21(27-26-20)28-9-11-30-12-10-28/h2-8,13-14H,9-12H2,1H3,(H2,24,25,29). The number of carbonyl (C=O) groups excluding carboxylic acids is 1. The Bertz CT molecular complexity index is 1040. The van der Waals surface area contributed by atoms with Crippen molar-refractivity contribution in [1.29, 1.82) is 0 Å². The molecule has 3 aromatic rings. The van der Waals surface area contributed by atoms with Crippen LogP contribution in [0.1, 0.15) is 5.56 Å². The third-order valence-electron chi connectivity index (χ3n) is 4.83. The van der Waals surface area contributed by atoms with Gasteiger partial charge in [0.15, 0.2) is 5.82 Å². The maximum absolute atomic E-state index is 13.7. The van der Waals surface area contributed by atoms with Crippen molar-refractivity contribution < 1.29 is 13.9 Å². The second kappa shape index (κ2) is 8.87. The number of benzene rings is 2. The topological polar surface area (TPSA) is 79.4 Å². The summed E-state index contributed by atoms with van der Waals surface area (Å²) in [6.45, 7) is 4.64. The summed E-state index contributed by atoms with van der Waals surface area (Å²) in [5.74, 6) is 0.454. The fourth-order valence-corrected chi connectivity index (χ4v) is 3.16. The molecule has 1 saturated heterocycles. The van der Waals surface area contributed by atoms with E-state index < -0.39 is 6.03 Å². The average Bonchev–Trinajstić information content (AvgIpc) is 2.77. The molecule has 0 saturated carbocycles. The number of urea groups is 1. The number of halogens is 1. The maximum atomic E-state index is 13.7. The summed E-state index contributed by atoms with van der Waals surface area (Å²) in [5, 5.41) is 14.0. The van der Waals surface area contributed by atoms with Gasteiger partial charge in [-0.3, -0.25) is 0 Å². The van der Waals surface area contributed by atoms with E-state index in [2.05, 4.69) is 25.7 Å². The van der Waals surface area contributed by atoms with Crippen LogP contribution >= 0.6 is 0 Å². The molecule has 0 spiro atoms. The molecule has 1 aliphatic rings. The van der Waals surface area contributed by atoms with Crippen molar-refractivity contribution in [2.24, 2.45) is 0 Å². The van der Waals surface area contributed by atoms with Crippen LogP contribution in [0.4, 0.5) is 26.4 Å². The Balaban J connectivity index is 1.43. The highest BCUT2D eigenvalue weighted by atomic mass is 19.1. The minimum Gasteiger partial charge on any atom is -0.378 e. The van der Waals surface area contributed by atoms with Gasteiger partial charge < -0.3 is 20.3 Å². The second-order valence-electron chi connectivity index (χ2n) is 7.00. The Hall–Kier alpha value is -3.52. The monoisotopic (exact) mass is 407 g/mol. The molecule has 1 aliphatic heterocycles. The van der Waals surface area contributed by atoms with Crippen molar-refractivity contribution in [2.45, 2.75) is 6.92 Å². The van der Waals surface area contributed by atoms with Crippen LogP contribution in [-0.2, 0) is 4.74 Å². The number of amides is 2. The number of carbonyl (C=O) groups is 1. The van der Waals surface area contributed by atoms with E-state index in [9.17, 15) is 9.18 Å². The lowest BCUT2D eigenvalue weighted by Gasteiger charge is -2.27. The normalized spacial score (nSPS) is 13.7. The molecule has 1 aromatic heterocycles. The van der Waals surface area contributed by atoms with Gasteiger partial charge in [0.25, 0.3) is 0 Å². The third kappa shape index (κ3) is 4.72. The quantitative estimate of drug-likeness (QED) is 0.682. The molecular formula is C22H22FN5O2. The highest BCUT2D eigenvalue weighted by molar-refractivity contribution is 6.00. The lowest BCUT2D eigenvalue weighted by Crippen LogP contribution is -2.36. The van der Waals surface area contributed by atoms with Gasteiger partial charge in [0.1, 0.15) is 5.82 Å². The number of ether oxygens (including phenoxy) is 1. The highest BCUT2D eigenvalue weighted by Crippen LogP contribution is 2.22. The predicted octanol–water partition coefficient (Wildman–Crippen LogP) is 4.07. The number of anilines is 3. The molecule has 0 bridgehead atoms. The highest BCUT2D eigenvalue weighted by Gasteiger charge is 2.13. The number of hydrogen-bond acceptors (Lipinski definition) is 5. The first-order valence-electron chi connectivity index (χ1n) is 9.69. The Morgan fingerprint density at radius 2 is 1.77 bits per heavy atom. The van der Waals surface area contributed by atoms with E-state index in [1.165, 1.54) is 6.07 Å². The first-order valence-corrected chi connectivity index (χ1v) is 9.69. The van der Waals surface area contributed by atoms with E-state index in [-0.39, 0.29) is 5.82 Å². The summed E-state index contributed by atoms with van der Waals surface area (Å²) in [6.07, 6.45) is 0. The molecule has 0 aliphatic carbocycles. The Morgan fingerprint density at radius 3 is 2.47 bits per heavy atom. The minimum atomic E-state index is -0.454. The first kappa shape index (κ1) is 19.8. The summed E-state index contributed by atoms with van der Waals surface area (Å²) < 4.78 is 19.0. The summed E-state index contributed by atoms with van der Waals surface area (Å²) in [5.41, 5.74) is 3.04. The first-order chi connectivity index (χ1) is 14.6. The van der Waals surface area contributed by atoms with Gasteiger partial charge in [-0.1, -0.05) is 18.2 Å². The van der Waals surface area contributed by atoms with Gasteiger partial charge in [-0.15, -0.1) is 10.2 Å². The molecule has 4 rings (SSSR count). The third-order valence-corrected chi connectivity index (χ3v) is 4.83. The van der Waals surface area contributed by atoms with Crippen LogP contribution in [0.15, 0.2) is 54.6 Å². The van der Waals surface area contributed by atoms with Crippen molar-refractivity contribution in [3.05, 3.63) is 66.0 Å². The van der Waals surface area contributed by atoms with Crippen molar-refractivity contribution in [3.8, 4) is 11.3 Å². The number of hydrogen-bond donors (Lipinski definition) is 2. The molecular weight excluding hydrogens is 385 g/mol. The van der Waals surface area contributed by atoms with Crippen LogP contribution in [0.2, 0.25) is 0 Å². The van der Waals surface area contributed by atoms with E-state index in [4.69, 9.17) is 4.74 Å². The zero-order valence-corrected chi connectivity index (χ0v) is 16.6. The van der Waals surface area contributed by atoms with Gasteiger partial charge in [-0.25, -0.2) is 9.18 Å². The molecule has 7 nitrogen and oxygen atoms in total. The molecule has 0 atom stereocenters. The summed E-state index contributed by atoms with van der Waals surface area (Å²) in [6, 6.07) is 15.3. The summed E-state index contributed by atoms with van der Waals surface area (Å²) in [4.78, 5) is 14.4. The van der Waals surface area contributed by atoms with E-state index in [0.717, 1.165) is 24.5 Å². The van der Waals surface area contributed by atoms with Gasteiger partial charge in [-0.2, -0.15) is 0 Å². The van der Waals surface area contributed by atoms with Crippen LogP contribution in [-0.4, -0.2) is 42.5 Å². The Morgan fingerprint density at radius 1 is 1.00 bits per heavy atom. The van der Waals surface area contributed by atoms with Gasteiger partial charge in [-0.05, 0) is 48.9 Å². The lowest BCUT2D eigenvalue weighted by molar-refractivity contribution is 0.122. The molecule has 2 amide bonds. The van der Waals surface area contributed by atoms with Crippen LogP contribution in [0, 0.1) is 12.7 Å². The van der Waals surface area contributed by atoms with Gasteiger partial charge in [0.05, 0.1) is 18.9 Å². The zero-order chi connectivity index (χ0) is 20.9. The molecule has 154 valence electrons. The number of nitrogens with zero attached hydrogens (tertiary/aromatic N) is 3. The van der Waals surface area contributed by atoms with Crippen molar-refractivity contribution in [3.63, 3.8) is 0 Å². The molecule has 2 aromatic carbocycles. The van der Waals surface area contributed by atoms with Gasteiger partial charge in [0.2, 0.25) is 0 Å². The fraction of sp³-hybridized carbons (Fsp3) is 0.227. The summed E-state index contributed by atoms with van der Waals surface area (Å²) in [7, 11) is 0. The van der Waals surface area contributed by atoms with Gasteiger partial charge >= 0.3 is 6.03 Å². The van der Waals surface area contributed by atoms with Crippen molar-refractivity contribution in [2.75, 3.05) is 41.8 Å². The molecule has 30 heavy (non-hydrogen) atoms. The molecule has 1 fully saturated rings. The van der Waals surface area contributed by atoms with E-state index in [1.807, 2.05) is 30.3 Å². The van der Waals surface area contributed by atoms with Crippen LogP contribution in [0.5, 0.6) is 0 Å². The smallest absolute Gasteiger partial charge is 0.323 e. The molecule has 8 heteroatoms. The maximum Gasteiger partial charge on any atom is 0.323 e. The van der Waals surface area contributed by atoms with Gasteiger partial charge in [0, 0.05) is 30.0 Å². The van der Waals surface area contributed by atoms with E-state index in [1.54, 1.807) is 25.1 Å². The number of rotatable bonds is 4. The molecule has 0 radical (unpaired) electrons. The molecule has 2 heterocycles. The molecule has 0 unspecified atom stereocenters. The SMILES string of the molecule is Cc1ccc(NC(=O)Nc2cccc(-c3ccc(N4CCOCC4)nn3)c2)cc1F. The van der Waals surface area contributed by atoms with Crippen molar-refractivity contribution >= 4 is 23.2 Å². The van der Waals surface area contributed by atoms with Crippen LogP contribution < -0.4 is 15.5 Å². The van der Waals surface area contributed by atoms with E-state index in [0.29, 0.717) is 35.8 Å².